The molecule has 0 aromatic heterocycles. The van der Waals surface area contributed by atoms with E-state index >= 15 is 0 Å². The van der Waals surface area contributed by atoms with E-state index < -0.39 is 0 Å². The summed E-state index contributed by atoms with van der Waals surface area (Å²) in [6.07, 6.45) is 1.05. The molecule has 0 bridgehead atoms. The summed E-state index contributed by atoms with van der Waals surface area (Å²) in [7, 11) is 0. The number of rotatable bonds is 2. The van der Waals surface area contributed by atoms with Crippen LogP contribution in [0.15, 0.2) is 42.5 Å². The lowest BCUT2D eigenvalue weighted by Gasteiger charge is -2.21. The van der Waals surface area contributed by atoms with Gasteiger partial charge >= 0.3 is 0 Å². The fourth-order valence-electron chi connectivity index (χ4n) is 2.17. The molecule has 92 valence electrons. The zero-order valence-corrected chi connectivity index (χ0v) is 10.6. The lowest BCUT2D eigenvalue weighted by molar-refractivity contribution is 0.359. The molecule has 0 aliphatic carbocycles. The zero-order valence-electron chi connectivity index (χ0n) is 10.6. The van der Waals surface area contributed by atoms with Crippen LogP contribution in [0, 0.1) is 5.92 Å². The third-order valence-corrected chi connectivity index (χ3v) is 2.94. The van der Waals surface area contributed by atoms with Gasteiger partial charge in [0.1, 0.15) is 0 Å². The van der Waals surface area contributed by atoms with Crippen LogP contribution in [0.4, 0.5) is 0 Å². The monoisotopic (exact) mass is 240 g/mol. The Balaban J connectivity index is 1.93. The van der Waals surface area contributed by atoms with Gasteiger partial charge in [0.15, 0.2) is 23.0 Å². The van der Waals surface area contributed by atoms with Crippen LogP contribution in [-0.4, -0.2) is 0 Å². The summed E-state index contributed by atoms with van der Waals surface area (Å²) in [5.41, 5.74) is 1.28. The molecule has 0 fully saturated rings. The Morgan fingerprint density at radius 2 is 1.44 bits per heavy atom. The topological polar surface area (TPSA) is 18.5 Å². The molecule has 18 heavy (non-hydrogen) atoms. The van der Waals surface area contributed by atoms with Crippen molar-refractivity contribution in [3.05, 3.63) is 48.0 Å². The molecule has 0 saturated heterocycles. The number of benzene rings is 2. The van der Waals surface area contributed by atoms with Crippen molar-refractivity contribution in [2.24, 2.45) is 5.92 Å². The zero-order chi connectivity index (χ0) is 12.5. The summed E-state index contributed by atoms with van der Waals surface area (Å²) >= 11 is 0. The Kier molecular flexibility index (Phi) is 2.71. The second-order valence-electron chi connectivity index (χ2n) is 5.03. The molecule has 2 aromatic rings. The van der Waals surface area contributed by atoms with Crippen molar-refractivity contribution in [3.63, 3.8) is 0 Å². The first-order valence-corrected chi connectivity index (χ1v) is 6.30. The minimum Gasteiger partial charge on any atom is -0.450 e. The number of ether oxygens (including phenoxy) is 2. The molecule has 3 rings (SSSR count). The second-order valence-corrected chi connectivity index (χ2v) is 5.03. The van der Waals surface area contributed by atoms with Gasteiger partial charge in [-0.1, -0.05) is 32.0 Å². The van der Waals surface area contributed by atoms with E-state index in [0.29, 0.717) is 5.92 Å². The molecular formula is C16H16O2. The van der Waals surface area contributed by atoms with Crippen LogP contribution >= 0.6 is 0 Å². The fourth-order valence-corrected chi connectivity index (χ4v) is 2.17. The molecule has 2 heteroatoms. The Bertz CT molecular complexity index is 573. The Labute approximate surface area is 107 Å². The van der Waals surface area contributed by atoms with Gasteiger partial charge in [0.2, 0.25) is 0 Å². The molecule has 0 radical (unpaired) electrons. The van der Waals surface area contributed by atoms with E-state index in [0.717, 1.165) is 29.4 Å². The van der Waals surface area contributed by atoms with Gasteiger partial charge in [0, 0.05) is 0 Å². The first kappa shape index (κ1) is 11.1. The van der Waals surface area contributed by atoms with Gasteiger partial charge in [-0.05, 0) is 42.2 Å². The van der Waals surface area contributed by atoms with Crippen LogP contribution < -0.4 is 9.47 Å². The van der Waals surface area contributed by atoms with E-state index in [4.69, 9.17) is 9.47 Å². The maximum atomic E-state index is 5.87. The van der Waals surface area contributed by atoms with Crippen molar-refractivity contribution in [2.75, 3.05) is 0 Å². The largest absolute Gasteiger partial charge is 0.450 e. The maximum Gasteiger partial charge on any atom is 0.170 e. The van der Waals surface area contributed by atoms with Gasteiger partial charge in [-0.3, -0.25) is 0 Å². The highest BCUT2D eigenvalue weighted by molar-refractivity contribution is 5.55. The SMILES string of the molecule is CC(C)Cc1ccc2c(c1)Oc1ccccc1O2. The van der Waals surface area contributed by atoms with Gasteiger partial charge < -0.3 is 9.47 Å². The summed E-state index contributed by atoms with van der Waals surface area (Å²) in [5, 5.41) is 0. The van der Waals surface area contributed by atoms with Crippen LogP contribution in [0.2, 0.25) is 0 Å². The van der Waals surface area contributed by atoms with Gasteiger partial charge in [-0.25, -0.2) is 0 Å². The van der Waals surface area contributed by atoms with Gasteiger partial charge in [0.25, 0.3) is 0 Å². The second kappa shape index (κ2) is 4.37. The third kappa shape index (κ3) is 2.06. The number of fused-ring (bicyclic) bond motifs is 2. The van der Waals surface area contributed by atoms with Crippen LogP contribution in [-0.2, 0) is 6.42 Å². The van der Waals surface area contributed by atoms with E-state index in [1.54, 1.807) is 0 Å². The van der Waals surface area contributed by atoms with E-state index in [-0.39, 0.29) is 0 Å². The highest BCUT2D eigenvalue weighted by Gasteiger charge is 2.18. The van der Waals surface area contributed by atoms with Gasteiger partial charge in [0.05, 0.1) is 0 Å². The summed E-state index contributed by atoms with van der Waals surface area (Å²) < 4.78 is 11.7. The fraction of sp³-hybridized carbons (Fsp3) is 0.250. The Morgan fingerprint density at radius 1 is 0.833 bits per heavy atom. The smallest absolute Gasteiger partial charge is 0.170 e. The minimum atomic E-state index is 0.639. The summed E-state index contributed by atoms with van der Waals surface area (Å²) in [5.74, 6) is 3.81. The predicted octanol–water partition coefficient (Wildman–Crippen LogP) is 4.78. The normalized spacial score (nSPS) is 12.4. The molecule has 0 unspecified atom stereocenters. The highest BCUT2D eigenvalue weighted by atomic mass is 16.6. The average molecular weight is 240 g/mol. The lowest BCUT2D eigenvalue weighted by Crippen LogP contribution is -2.00. The Hall–Kier alpha value is -1.96. The van der Waals surface area contributed by atoms with Crippen molar-refractivity contribution in [1.82, 2.24) is 0 Å². The van der Waals surface area contributed by atoms with Crippen molar-refractivity contribution < 1.29 is 9.47 Å². The molecule has 0 saturated carbocycles. The van der Waals surface area contributed by atoms with E-state index in [1.165, 1.54) is 5.56 Å². The quantitative estimate of drug-likeness (QED) is 0.641. The van der Waals surface area contributed by atoms with Crippen LogP contribution in [0.25, 0.3) is 0 Å². The lowest BCUT2D eigenvalue weighted by atomic mass is 10.0. The summed E-state index contributed by atoms with van der Waals surface area (Å²) in [6.45, 7) is 4.43. The summed E-state index contributed by atoms with van der Waals surface area (Å²) in [4.78, 5) is 0. The molecule has 1 aliphatic rings. The number of hydrogen-bond acceptors (Lipinski definition) is 2. The van der Waals surface area contributed by atoms with Crippen LogP contribution in [0.3, 0.4) is 0 Å². The first-order chi connectivity index (χ1) is 8.72. The predicted molar refractivity (Wildman–Crippen MR) is 71.6 cm³/mol. The van der Waals surface area contributed by atoms with E-state index in [2.05, 4.69) is 26.0 Å². The van der Waals surface area contributed by atoms with E-state index in [1.807, 2.05) is 30.3 Å². The third-order valence-electron chi connectivity index (χ3n) is 2.94. The highest BCUT2D eigenvalue weighted by Crippen LogP contribution is 2.45. The molecule has 0 atom stereocenters. The minimum absolute atomic E-state index is 0.639. The number of hydrogen-bond donors (Lipinski definition) is 0. The Morgan fingerprint density at radius 3 is 2.11 bits per heavy atom. The van der Waals surface area contributed by atoms with Crippen molar-refractivity contribution in [1.29, 1.82) is 0 Å². The van der Waals surface area contributed by atoms with Crippen molar-refractivity contribution >= 4 is 0 Å². The standard InChI is InChI=1S/C16H16O2/c1-11(2)9-12-7-8-15-16(10-12)18-14-6-4-3-5-13(14)17-15/h3-8,10-11H,9H2,1-2H3. The summed E-state index contributed by atoms with van der Waals surface area (Å²) in [6, 6.07) is 13.9. The molecule has 0 amide bonds. The average Bonchev–Trinajstić information content (AvgIpc) is 2.35. The van der Waals surface area contributed by atoms with Crippen LogP contribution in [0.5, 0.6) is 23.0 Å². The van der Waals surface area contributed by atoms with Crippen molar-refractivity contribution in [2.45, 2.75) is 20.3 Å². The molecule has 2 aromatic carbocycles. The van der Waals surface area contributed by atoms with Crippen LogP contribution in [0.1, 0.15) is 19.4 Å². The van der Waals surface area contributed by atoms with E-state index in [9.17, 15) is 0 Å². The molecule has 1 heterocycles. The maximum absolute atomic E-state index is 5.87. The molecule has 2 nitrogen and oxygen atoms in total. The molecule has 0 spiro atoms. The number of para-hydroxylation sites is 2. The van der Waals surface area contributed by atoms with Gasteiger partial charge in [-0.15, -0.1) is 0 Å². The molecule has 1 aliphatic heterocycles. The molecular weight excluding hydrogens is 224 g/mol. The molecule has 0 N–H and O–H groups in total. The van der Waals surface area contributed by atoms with Gasteiger partial charge in [-0.2, -0.15) is 0 Å². The van der Waals surface area contributed by atoms with Crippen molar-refractivity contribution in [3.8, 4) is 23.0 Å². The first-order valence-electron chi connectivity index (χ1n) is 6.30.